The number of hydrogen-bond acceptors (Lipinski definition) is 4. The Bertz CT molecular complexity index is 1370. The molecule has 3 aromatic carbocycles. The van der Waals surface area contributed by atoms with Gasteiger partial charge in [-0.1, -0.05) is 79.0 Å². The van der Waals surface area contributed by atoms with Crippen molar-refractivity contribution in [3.63, 3.8) is 0 Å². The normalized spacial score (nSPS) is 14.4. The third-order valence-electron chi connectivity index (χ3n) is 7.11. The van der Waals surface area contributed by atoms with Gasteiger partial charge in [0.25, 0.3) is 0 Å². The highest BCUT2D eigenvalue weighted by Gasteiger charge is 2.27. The first-order valence-electron chi connectivity index (χ1n) is 13.0. The fourth-order valence-corrected chi connectivity index (χ4v) is 5.27. The van der Waals surface area contributed by atoms with Gasteiger partial charge in [-0.15, -0.1) is 0 Å². The van der Waals surface area contributed by atoms with Crippen LogP contribution in [-0.2, 0) is 12.8 Å². The van der Waals surface area contributed by atoms with Crippen LogP contribution in [0.3, 0.4) is 0 Å². The highest BCUT2D eigenvalue weighted by Crippen LogP contribution is 2.43. The Hall–Kier alpha value is -2.92. The van der Waals surface area contributed by atoms with Gasteiger partial charge in [-0.05, 0) is 79.4 Å². The van der Waals surface area contributed by atoms with Crippen LogP contribution in [0.2, 0.25) is 10.0 Å². The molecule has 5 rings (SSSR count). The Labute approximate surface area is 229 Å². The van der Waals surface area contributed by atoms with E-state index in [9.17, 15) is 0 Å². The van der Waals surface area contributed by atoms with Gasteiger partial charge in [-0.3, -0.25) is 0 Å². The lowest BCUT2D eigenvalue weighted by atomic mass is 9.78. The fourth-order valence-electron chi connectivity index (χ4n) is 4.97. The van der Waals surface area contributed by atoms with Crippen molar-refractivity contribution in [2.24, 2.45) is 0 Å². The summed E-state index contributed by atoms with van der Waals surface area (Å²) in [6.45, 7) is 4.46. The number of unbranched alkanes of at least 4 members (excludes halogenated alkanes) is 1. The summed E-state index contributed by atoms with van der Waals surface area (Å²) in [5, 5.41) is 4.54. The van der Waals surface area contributed by atoms with Crippen LogP contribution in [0.5, 0.6) is 0 Å². The van der Waals surface area contributed by atoms with Crippen LogP contribution >= 0.6 is 23.2 Å². The number of likely N-dealkylation sites (N-methyl/N-ethyl adjacent to an activating group) is 1. The highest BCUT2D eigenvalue weighted by atomic mass is 35.5. The molecule has 0 aliphatic heterocycles. The van der Waals surface area contributed by atoms with Crippen LogP contribution in [0.4, 0.5) is 11.6 Å². The lowest BCUT2D eigenvalue weighted by Gasteiger charge is -2.27. The zero-order valence-electron chi connectivity index (χ0n) is 21.3. The van der Waals surface area contributed by atoms with Crippen LogP contribution in [0.25, 0.3) is 11.3 Å². The Kier molecular flexibility index (Phi) is 8.09. The summed E-state index contributed by atoms with van der Waals surface area (Å²) in [6.07, 6.45) is 6.30. The molecule has 0 spiro atoms. The van der Waals surface area contributed by atoms with E-state index in [4.69, 9.17) is 28.2 Å². The highest BCUT2D eigenvalue weighted by molar-refractivity contribution is 6.42. The maximum Gasteiger partial charge on any atom is 0.227 e. The Balaban J connectivity index is 1.33. The predicted octanol–water partition coefficient (Wildman–Crippen LogP) is 8.16. The summed E-state index contributed by atoms with van der Waals surface area (Å²) in [5.74, 6) is 0.781. The van der Waals surface area contributed by atoms with E-state index in [1.807, 2.05) is 18.3 Å². The van der Waals surface area contributed by atoms with Crippen LogP contribution in [0, 0.1) is 0 Å². The molecule has 1 unspecified atom stereocenters. The van der Waals surface area contributed by atoms with Gasteiger partial charge in [-0.2, -0.15) is 0 Å². The quantitative estimate of drug-likeness (QED) is 0.237. The van der Waals surface area contributed by atoms with Gasteiger partial charge in [0.2, 0.25) is 5.95 Å². The van der Waals surface area contributed by atoms with Gasteiger partial charge in [0, 0.05) is 29.9 Å². The number of anilines is 2. The maximum absolute atomic E-state index is 6.35. The zero-order valence-corrected chi connectivity index (χ0v) is 22.9. The summed E-state index contributed by atoms with van der Waals surface area (Å²) in [6, 6.07) is 23.0. The minimum absolute atomic E-state index is 0.175. The molecule has 0 bridgehead atoms. The molecule has 0 radical (unpaired) electrons. The second-order valence-corrected chi connectivity index (χ2v) is 10.6. The molecule has 1 atom stereocenters. The smallest absolute Gasteiger partial charge is 0.227 e. The number of benzene rings is 3. The Morgan fingerprint density at radius 3 is 2.57 bits per heavy atom. The van der Waals surface area contributed by atoms with E-state index in [1.54, 1.807) is 0 Å². The first kappa shape index (κ1) is 25.7. The van der Waals surface area contributed by atoms with Gasteiger partial charge in [0.1, 0.15) is 0 Å². The third-order valence-corrected chi connectivity index (χ3v) is 7.85. The van der Waals surface area contributed by atoms with Crippen molar-refractivity contribution in [3.05, 3.63) is 105 Å². The minimum Gasteiger partial charge on any atom is -0.324 e. The lowest BCUT2D eigenvalue weighted by molar-refractivity contribution is 0.332. The molecule has 37 heavy (non-hydrogen) atoms. The van der Waals surface area contributed by atoms with Crippen LogP contribution in [0.1, 0.15) is 47.9 Å². The molecule has 0 amide bonds. The van der Waals surface area contributed by atoms with E-state index in [0.29, 0.717) is 16.0 Å². The van der Waals surface area contributed by atoms with Gasteiger partial charge in [-0.25, -0.2) is 9.97 Å². The lowest BCUT2D eigenvalue weighted by Crippen LogP contribution is -2.22. The van der Waals surface area contributed by atoms with Crippen molar-refractivity contribution in [1.29, 1.82) is 0 Å². The van der Waals surface area contributed by atoms with Gasteiger partial charge < -0.3 is 10.2 Å². The molecule has 1 heterocycles. The molecular formula is C31H32Cl2N4. The third kappa shape index (κ3) is 5.98. The monoisotopic (exact) mass is 530 g/mol. The van der Waals surface area contributed by atoms with Crippen molar-refractivity contribution in [2.75, 3.05) is 25.5 Å². The van der Waals surface area contributed by atoms with Crippen LogP contribution < -0.4 is 5.32 Å². The van der Waals surface area contributed by atoms with Crippen LogP contribution in [-0.4, -0.2) is 35.0 Å². The molecule has 0 saturated heterocycles. The van der Waals surface area contributed by atoms with Crippen molar-refractivity contribution >= 4 is 34.8 Å². The number of nitrogens with one attached hydrogen (secondary N) is 1. The zero-order chi connectivity index (χ0) is 25.8. The number of fused-ring (bicyclic) bond motifs is 3. The van der Waals surface area contributed by atoms with Crippen molar-refractivity contribution in [1.82, 2.24) is 14.9 Å². The molecule has 1 aliphatic rings. The Morgan fingerprint density at radius 2 is 1.78 bits per heavy atom. The molecule has 0 fully saturated rings. The number of nitrogens with zero attached hydrogens (tertiary/aromatic N) is 3. The van der Waals surface area contributed by atoms with Crippen LogP contribution in [0.15, 0.2) is 72.9 Å². The number of halogens is 2. The summed E-state index contributed by atoms with van der Waals surface area (Å²) < 4.78 is 0. The molecule has 1 N–H and O–H groups in total. The number of rotatable bonds is 9. The largest absolute Gasteiger partial charge is 0.324 e. The second kappa shape index (κ2) is 11.6. The predicted molar refractivity (Wildman–Crippen MR) is 155 cm³/mol. The first-order chi connectivity index (χ1) is 18.0. The first-order valence-corrected chi connectivity index (χ1v) is 13.7. The van der Waals surface area contributed by atoms with Crippen molar-refractivity contribution in [3.8, 4) is 11.3 Å². The average molecular weight is 532 g/mol. The molecule has 4 nitrogen and oxygen atoms in total. The summed E-state index contributed by atoms with van der Waals surface area (Å²) in [4.78, 5) is 12.0. The summed E-state index contributed by atoms with van der Waals surface area (Å²) in [7, 11) is 2.20. The Morgan fingerprint density at radius 1 is 0.973 bits per heavy atom. The van der Waals surface area contributed by atoms with Gasteiger partial charge in [0.15, 0.2) is 0 Å². The molecule has 1 aromatic heterocycles. The van der Waals surface area contributed by atoms with Crippen molar-refractivity contribution < 1.29 is 0 Å². The van der Waals surface area contributed by atoms with E-state index in [1.165, 1.54) is 24.0 Å². The molecule has 0 saturated carbocycles. The summed E-state index contributed by atoms with van der Waals surface area (Å²) in [5.41, 5.74) is 7.95. The van der Waals surface area contributed by atoms with E-state index in [0.717, 1.165) is 54.0 Å². The van der Waals surface area contributed by atoms with E-state index < -0.39 is 0 Å². The minimum atomic E-state index is 0.175. The van der Waals surface area contributed by atoms with Gasteiger partial charge >= 0.3 is 0 Å². The fraction of sp³-hybridized carbons (Fsp3) is 0.290. The molecule has 190 valence electrons. The number of aromatic nitrogens is 2. The molecule has 1 aliphatic carbocycles. The average Bonchev–Trinajstić information content (AvgIpc) is 2.92. The SMILES string of the molecule is CCCCN(C)CCc1ccc(Nc2ncc3c(n2)-c2ccccc2C(c2ccc(Cl)c(Cl)c2)C3)cc1. The standard InChI is InChI=1S/C31H32Cl2N4/c1-3-4-16-37(2)17-15-21-9-12-24(13-10-21)35-31-34-20-23-18-27(22-11-14-28(32)29(33)19-22)25-7-5-6-8-26(25)30(23)36-31/h5-14,19-20,27H,3-4,15-18H2,1-2H3,(H,34,35,36). The molecular weight excluding hydrogens is 499 g/mol. The molecule has 6 heteroatoms. The number of hydrogen-bond donors (Lipinski definition) is 1. The molecule has 4 aromatic rings. The maximum atomic E-state index is 6.35. The summed E-state index contributed by atoms with van der Waals surface area (Å²) >= 11 is 12.5. The topological polar surface area (TPSA) is 41.0 Å². The second-order valence-electron chi connectivity index (χ2n) is 9.81. The van der Waals surface area contributed by atoms with E-state index in [2.05, 4.69) is 83.8 Å². The van der Waals surface area contributed by atoms with E-state index >= 15 is 0 Å². The van der Waals surface area contributed by atoms with Gasteiger partial charge in [0.05, 0.1) is 15.7 Å². The van der Waals surface area contributed by atoms with E-state index in [-0.39, 0.29) is 5.92 Å². The van der Waals surface area contributed by atoms with Crippen molar-refractivity contribution in [2.45, 2.75) is 38.5 Å².